The molecule has 0 unspecified atom stereocenters. The number of benzene rings is 8. The Balaban J connectivity index is 1.07. The third-order valence-corrected chi connectivity index (χ3v) is 12.2. The van der Waals surface area contributed by atoms with Crippen LogP contribution in [0.25, 0.3) is 107 Å². The van der Waals surface area contributed by atoms with Crippen molar-refractivity contribution in [1.82, 2.24) is 14.1 Å². The number of para-hydroxylation sites is 2. The molecule has 3 aromatic heterocycles. The Labute approximate surface area is 367 Å². The van der Waals surface area contributed by atoms with Crippen LogP contribution in [0.15, 0.2) is 225 Å². The lowest BCUT2D eigenvalue weighted by molar-refractivity contribution is 1.07. The van der Waals surface area contributed by atoms with Gasteiger partial charge in [0.15, 0.2) is 0 Å². The highest BCUT2D eigenvalue weighted by Crippen LogP contribution is 2.37. The zero-order valence-electron chi connectivity index (χ0n) is 35.0. The first-order valence-electron chi connectivity index (χ1n) is 21.5. The molecular weight excluding hydrogens is 763 g/mol. The van der Waals surface area contributed by atoms with E-state index in [0.29, 0.717) is 0 Å². The van der Waals surface area contributed by atoms with Gasteiger partial charge >= 0.3 is 0 Å². The van der Waals surface area contributed by atoms with Crippen LogP contribution in [0.4, 0.5) is 0 Å². The molecule has 63 heavy (non-hydrogen) atoms. The van der Waals surface area contributed by atoms with E-state index in [-0.39, 0.29) is 0 Å². The molecule has 0 aliphatic heterocycles. The fourth-order valence-corrected chi connectivity index (χ4v) is 9.20. The quantitative estimate of drug-likeness (QED) is 0.150. The Morgan fingerprint density at radius 2 is 0.873 bits per heavy atom. The highest BCUT2D eigenvalue weighted by atomic mass is 15.0. The molecule has 0 N–H and O–H groups in total. The molecule has 0 amide bonds. The fraction of sp³-hybridized carbons (Fsp3) is 0.0167. The van der Waals surface area contributed by atoms with Crippen LogP contribution in [0.5, 0.6) is 0 Å². The number of hydrogen-bond acceptors (Lipinski definition) is 1. The van der Waals surface area contributed by atoms with Gasteiger partial charge in [-0.3, -0.25) is 0 Å². The molecule has 0 aliphatic rings. The minimum atomic E-state index is 0.934. The first kappa shape index (κ1) is 37.7. The summed E-state index contributed by atoms with van der Waals surface area (Å²) < 4.78 is 4.79. The average Bonchev–Trinajstić information content (AvgIpc) is 3.86. The minimum absolute atomic E-state index is 0.934. The Bertz CT molecular complexity index is 3500. The second-order valence-corrected chi connectivity index (χ2v) is 16.0. The Hall–Kier alpha value is -8.27. The van der Waals surface area contributed by atoms with E-state index in [1.54, 1.807) is 0 Å². The normalized spacial score (nSPS) is 12.1. The summed E-state index contributed by atoms with van der Waals surface area (Å²) in [5.41, 5.74) is 16.4. The van der Waals surface area contributed by atoms with E-state index in [9.17, 15) is 0 Å². The van der Waals surface area contributed by atoms with Crippen molar-refractivity contribution in [2.45, 2.75) is 6.92 Å². The number of rotatable bonds is 8. The summed E-state index contributed by atoms with van der Waals surface area (Å²) >= 11 is 0. The molecule has 0 saturated heterocycles. The molecule has 0 spiro atoms. The summed E-state index contributed by atoms with van der Waals surface area (Å²) in [4.78, 5) is 5.18. The summed E-state index contributed by atoms with van der Waals surface area (Å²) in [5.74, 6) is 0. The summed E-state index contributed by atoms with van der Waals surface area (Å²) in [6.07, 6.45) is 4.50. The van der Waals surface area contributed by atoms with Gasteiger partial charge in [0.2, 0.25) is 0 Å². The zero-order valence-corrected chi connectivity index (χ0v) is 35.0. The van der Waals surface area contributed by atoms with Crippen molar-refractivity contribution in [1.29, 1.82) is 0 Å². The number of fused-ring (bicyclic) bond motifs is 4. The number of hydrogen-bond donors (Lipinski definition) is 0. The van der Waals surface area contributed by atoms with Crippen molar-refractivity contribution in [3.8, 4) is 56.1 Å². The molecule has 11 rings (SSSR count). The number of pyridine rings is 1. The van der Waals surface area contributed by atoms with Gasteiger partial charge in [-0.25, -0.2) is 4.98 Å². The van der Waals surface area contributed by atoms with Crippen molar-refractivity contribution in [2.75, 3.05) is 0 Å². The molecule has 298 valence electrons. The third kappa shape index (κ3) is 6.86. The van der Waals surface area contributed by atoms with Crippen LogP contribution in [0, 0.1) is 0 Å². The topological polar surface area (TPSA) is 22.8 Å². The second-order valence-electron chi connectivity index (χ2n) is 16.0. The zero-order chi connectivity index (χ0) is 42.3. The van der Waals surface area contributed by atoms with E-state index in [1.807, 2.05) is 12.1 Å². The Morgan fingerprint density at radius 1 is 0.413 bits per heavy atom. The lowest BCUT2D eigenvalue weighted by Gasteiger charge is -2.13. The summed E-state index contributed by atoms with van der Waals surface area (Å²) in [6.45, 7) is 6.88. The van der Waals surface area contributed by atoms with E-state index >= 15 is 0 Å². The predicted octanol–water partition coefficient (Wildman–Crippen LogP) is 14.1. The van der Waals surface area contributed by atoms with Gasteiger partial charge in [-0.1, -0.05) is 176 Å². The van der Waals surface area contributed by atoms with Crippen LogP contribution in [0.1, 0.15) is 12.5 Å². The molecule has 0 aliphatic carbocycles. The predicted molar refractivity (Wildman–Crippen MR) is 266 cm³/mol. The summed E-state index contributed by atoms with van der Waals surface area (Å²) in [5, 5.41) is 5.81. The Kier molecular flexibility index (Phi) is 9.56. The maximum Gasteiger partial charge on any atom is 0.0730 e. The van der Waals surface area contributed by atoms with Gasteiger partial charge in [-0.05, 0) is 101 Å². The standard InChI is InChI=1S/C60H43N3/c1-3-57-53(51-28-16-18-30-58(51)62(57)49-36-47(42-20-8-4-9-21-42)35-48(37-49)43-22-10-5-11-23-43)34-41(2)46-32-33-60-54(38-46)52-29-17-19-31-59(52)63(60)50-39-55(44-24-12-6-13-25-44)61-56(40-50)45-26-14-7-15-27-45/h3-40H,2H2,1H3/b53-34-,57-3+. The Morgan fingerprint density at radius 3 is 1.43 bits per heavy atom. The van der Waals surface area contributed by atoms with Crippen molar-refractivity contribution < 1.29 is 0 Å². The van der Waals surface area contributed by atoms with Gasteiger partial charge in [0.1, 0.15) is 0 Å². The molecule has 3 heteroatoms. The maximum absolute atomic E-state index is 5.18. The van der Waals surface area contributed by atoms with E-state index < -0.39 is 0 Å². The van der Waals surface area contributed by atoms with Crippen LogP contribution < -0.4 is 10.6 Å². The van der Waals surface area contributed by atoms with Crippen LogP contribution in [-0.2, 0) is 0 Å². The van der Waals surface area contributed by atoms with Gasteiger partial charge < -0.3 is 9.13 Å². The van der Waals surface area contributed by atoms with Gasteiger partial charge in [0, 0.05) is 43.5 Å². The maximum atomic E-state index is 5.18. The first-order chi connectivity index (χ1) is 31.1. The van der Waals surface area contributed by atoms with E-state index in [0.717, 1.165) is 72.1 Å². The van der Waals surface area contributed by atoms with Crippen LogP contribution >= 0.6 is 0 Å². The number of allylic oxidation sites excluding steroid dienone is 1. The molecule has 8 aromatic carbocycles. The van der Waals surface area contributed by atoms with Crippen molar-refractivity contribution >= 4 is 50.4 Å². The van der Waals surface area contributed by atoms with Gasteiger partial charge in [-0.2, -0.15) is 0 Å². The van der Waals surface area contributed by atoms with E-state index in [1.165, 1.54) is 38.4 Å². The van der Waals surface area contributed by atoms with Crippen molar-refractivity contribution in [3.05, 3.63) is 241 Å². The van der Waals surface area contributed by atoms with Crippen LogP contribution in [0.2, 0.25) is 0 Å². The minimum Gasteiger partial charge on any atom is -0.310 e. The molecule has 0 atom stereocenters. The molecule has 0 radical (unpaired) electrons. The molecule has 0 saturated carbocycles. The summed E-state index contributed by atoms with van der Waals surface area (Å²) in [6, 6.07) is 77.8. The molecule has 0 fully saturated rings. The molecule has 3 heterocycles. The highest BCUT2D eigenvalue weighted by Gasteiger charge is 2.17. The number of aromatic nitrogens is 3. The first-order valence-corrected chi connectivity index (χ1v) is 21.5. The van der Waals surface area contributed by atoms with Crippen LogP contribution in [-0.4, -0.2) is 14.1 Å². The molecular formula is C60H43N3. The summed E-state index contributed by atoms with van der Waals surface area (Å²) in [7, 11) is 0. The van der Waals surface area contributed by atoms with Gasteiger partial charge in [0.25, 0.3) is 0 Å². The van der Waals surface area contributed by atoms with Crippen LogP contribution in [0.3, 0.4) is 0 Å². The van der Waals surface area contributed by atoms with Gasteiger partial charge in [0.05, 0.1) is 33.6 Å². The van der Waals surface area contributed by atoms with E-state index in [4.69, 9.17) is 11.6 Å². The molecule has 11 aromatic rings. The van der Waals surface area contributed by atoms with Crippen molar-refractivity contribution in [3.63, 3.8) is 0 Å². The third-order valence-electron chi connectivity index (χ3n) is 12.2. The molecule has 3 nitrogen and oxygen atoms in total. The van der Waals surface area contributed by atoms with Crippen molar-refractivity contribution in [2.24, 2.45) is 0 Å². The largest absolute Gasteiger partial charge is 0.310 e. The average molecular weight is 806 g/mol. The smallest absolute Gasteiger partial charge is 0.0730 e. The lowest BCUT2D eigenvalue weighted by atomic mass is 9.98. The lowest BCUT2D eigenvalue weighted by Crippen LogP contribution is -2.28. The SMILES string of the molecule is C=C(/C=c1\c(=C/C)n(-c2cc(-c3ccccc3)cc(-c3ccccc3)c2)c2ccccc12)c1ccc2c(c1)c1ccccc1n2-c1cc(-c2ccccc2)nc(-c2ccccc2)c1. The van der Waals surface area contributed by atoms with Gasteiger partial charge in [-0.15, -0.1) is 0 Å². The number of nitrogens with zero attached hydrogens (tertiary/aromatic N) is 3. The second kappa shape index (κ2) is 16.0. The molecule has 0 bridgehead atoms. The van der Waals surface area contributed by atoms with E-state index in [2.05, 4.69) is 234 Å². The highest BCUT2D eigenvalue weighted by molar-refractivity contribution is 6.11. The fourth-order valence-electron chi connectivity index (χ4n) is 9.20. The monoisotopic (exact) mass is 805 g/mol.